The van der Waals surface area contributed by atoms with Crippen LogP contribution in [0.25, 0.3) is 0 Å². The van der Waals surface area contributed by atoms with Crippen molar-refractivity contribution in [2.75, 3.05) is 0 Å². The van der Waals surface area contributed by atoms with E-state index in [0.717, 1.165) is 0 Å². The number of hydrogen-bond donors (Lipinski definition) is 0. The van der Waals surface area contributed by atoms with Crippen molar-refractivity contribution in [1.29, 1.82) is 0 Å². The lowest BCUT2D eigenvalue weighted by Gasteiger charge is -2.31. The van der Waals surface area contributed by atoms with Gasteiger partial charge in [-0.15, -0.1) is 0 Å². The topological polar surface area (TPSA) is 0 Å². The summed E-state index contributed by atoms with van der Waals surface area (Å²) in [5.41, 5.74) is 0. The molecule has 0 amide bonds. The second-order valence-electron chi connectivity index (χ2n) is 4.80. The van der Waals surface area contributed by atoms with E-state index in [9.17, 15) is 0 Å². The van der Waals surface area contributed by atoms with Crippen molar-refractivity contribution in [1.82, 2.24) is 0 Å². The van der Waals surface area contributed by atoms with Crippen molar-refractivity contribution in [2.45, 2.75) is 67.5 Å². The summed E-state index contributed by atoms with van der Waals surface area (Å²) >= 11 is 23.0. The van der Waals surface area contributed by atoms with Gasteiger partial charge in [-0.25, -0.2) is 0 Å². The first-order chi connectivity index (χ1) is 8.45. The normalized spacial score (nSPS) is 45.0. The van der Waals surface area contributed by atoms with Gasteiger partial charge in [-0.2, -0.15) is 0 Å². The van der Waals surface area contributed by atoms with Crippen molar-refractivity contribution in [3.05, 3.63) is 0 Å². The first-order valence-corrected chi connectivity index (χ1v) is 11.8. The highest BCUT2D eigenvalue weighted by Crippen LogP contribution is 2.37. The zero-order valence-corrected chi connectivity index (χ0v) is 19.5. The molecule has 0 aliphatic heterocycles. The van der Waals surface area contributed by atoms with Crippen LogP contribution in [0.1, 0.15) is 38.5 Å². The van der Waals surface area contributed by atoms with Crippen molar-refractivity contribution in [2.24, 2.45) is 0 Å². The predicted molar refractivity (Wildman–Crippen MR) is 104 cm³/mol. The molecule has 1 fully saturated rings. The molecule has 108 valence electrons. The van der Waals surface area contributed by atoms with Crippen molar-refractivity contribution in [3.8, 4) is 0 Å². The number of halogens is 6. The maximum Gasteiger partial charge on any atom is 0.0418 e. The number of rotatable bonds is 0. The minimum atomic E-state index is 0.394. The largest absolute Gasteiger partial charge is 0.0878 e. The van der Waals surface area contributed by atoms with Gasteiger partial charge in [-0.1, -0.05) is 121 Å². The fourth-order valence-corrected chi connectivity index (χ4v) is 7.63. The number of hydrogen-bond acceptors (Lipinski definition) is 0. The smallest absolute Gasteiger partial charge is 0.0418 e. The van der Waals surface area contributed by atoms with E-state index in [1.807, 2.05) is 0 Å². The lowest BCUT2D eigenvalue weighted by Crippen LogP contribution is -2.39. The van der Waals surface area contributed by atoms with Gasteiger partial charge < -0.3 is 0 Å². The molecule has 1 saturated carbocycles. The molecule has 0 aromatic heterocycles. The van der Waals surface area contributed by atoms with Crippen LogP contribution in [0.2, 0.25) is 0 Å². The van der Waals surface area contributed by atoms with E-state index in [1.54, 1.807) is 0 Å². The fraction of sp³-hybridized carbons (Fsp3) is 1.00. The molecular weight excluding hydrogens is 624 g/mol. The van der Waals surface area contributed by atoms with Gasteiger partial charge in [0.15, 0.2) is 0 Å². The Kier molecular flexibility index (Phi) is 10.3. The third kappa shape index (κ3) is 5.94. The third-order valence-electron chi connectivity index (χ3n) is 3.31. The SMILES string of the molecule is Br[C@@H]1[C@H](Br)[C@@H](Br)[C@H](Br)CCCCCC[C@@H](Br)[C@@H]1Br. The third-order valence-corrected chi connectivity index (χ3v) is 13.6. The summed E-state index contributed by atoms with van der Waals surface area (Å²) in [6, 6.07) is 0. The molecule has 0 N–H and O–H groups in total. The molecule has 1 rings (SSSR count). The van der Waals surface area contributed by atoms with Crippen LogP contribution in [0, 0.1) is 0 Å². The van der Waals surface area contributed by atoms with Gasteiger partial charge in [0, 0.05) is 29.0 Å². The lowest BCUT2D eigenvalue weighted by molar-refractivity contribution is 0.549. The fourth-order valence-electron chi connectivity index (χ4n) is 2.10. The summed E-state index contributed by atoms with van der Waals surface area (Å²) < 4.78 is 0. The highest BCUT2D eigenvalue weighted by molar-refractivity contribution is 9.15. The lowest BCUT2D eigenvalue weighted by atomic mass is 10.0. The van der Waals surface area contributed by atoms with Gasteiger partial charge in [0.25, 0.3) is 0 Å². The van der Waals surface area contributed by atoms with E-state index in [-0.39, 0.29) is 0 Å². The molecule has 0 heterocycles. The minimum Gasteiger partial charge on any atom is -0.0878 e. The van der Waals surface area contributed by atoms with Gasteiger partial charge in [-0.3, -0.25) is 0 Å². The van der Waals surface area contributed by atoms with Crippen LogP contribution in [0.5, 0.6) is 0 Å². The van der Waals surface area contributed by atoms with Crippen LogP contribution in [0.3, 0.4) is 0 Å². The maximum atomic E-state index is 3.84. The Bertz CT molecular complexity index is 213. The molecule has 0 unspecified atom stereocenters. The highest BCUT2D eigenvalue weighted by Gasteiger charge is 2.35. The van der Waals surface area contributed by atoms with E-state index in [1.165, 1.54) is 38.5 Å². The zero-order chi connectivity index (χ0) is 13.7. The molecule has 1 aliphatic rings. The minimum absolute atomic E-state index is 0.394. The van der Waals surface area contributed by atoms with Crippen LogP contribution in [-0.2, 0) is 0 Å². The zero-order valence-electron chi connectivity index (χ0n) is 9.97. The van der Waals surface area contributed by atoms with E-state index >= 15 is 0 Å². The molecule has 6 heteroatoms. The molecular formula is C12H18Br6. The quantitative estimate of drug-likeness (QED) is 0.252. The predicted octanol–water partition coefficient (Wildman–Crippen LogP) is 6.92. The molecule has 0 aromatic rings. The molecule has 0 bridgehead atoms. The Morgan fingerprint density at radius 2 is 0.778 bits per heavy atom. The summed E-state index contributed by atoms with van der Waals surface area (Å²) in [7, 11) is 0. The molecule has 18 heavy (non-hydrogen) atoms. The van der Waals surface area contributed by atoms with Crippen molar-refractivity contribution in [3.63, 3.8) is 0 Å². The maximum absolute atomic E-state index is 3.84. The average molecular weight is 642 g/mol. The molecule has 0 saturated heterocycles. The summed E-state index contributed by atoms with van der Waals surface area (Å²) in [5.74, 6) is 0. The Hall–Kier alpha value is 2.88. The molecule has 6 atom stereocenters. The van der Waals surface area contributed by atoms with Crippen molar-refractivity contribution < 1.29 is 0 Å². The van der Waals surface area contributed by atoms with Crippen LogP contribution in [-0.4, -0.2) is 29.0 Å². The van der Waals surface area contributed by atoms with E-state index in [2.05, 4.69) is 95.6 Å². The monoisotopic (exact) mass is 636 g/mol. The van der Waals surface area contributed by atoms with E-state index < -0.39 is 0 Å². The summed E-state index contributed by atoms with van der Waals surface area (Å²) in [4.78, 5) is 2.70. The second-order valence-corrected chi connectivity index (χ2v) is 11.4. The standard InChI is InChI=1S/C12H18Br6/c13-7-5-3-1-2-4-6-8(14)10(16)12(18)11(17)9(7)15/h7-12H,1-6H2/t7-,8-,9+,10+,11-,12+/m1/s1. The van der Waals surface area contributed by atoms with Crippen LogP contribution < -0.4 is 0 Å². The molecule has 0 nitrogen and oxygen atoms in total. The van der Waals surface area contributed by atoms with Crippen LogP contribution in [0.4, 0.5) is 0 Å². The van der Waals surface area contributed by atoms with Gasteiger partial charge in [0.1, 0.15) is 0 Å². The Labute approximate surface area is 161 Å². The number of alkyl halides is 6. The molecule has 0 aromatic carbocycles. The van der Waals surface area contributed by atoms with Crippen LogP contribution >= 0.6 is 95.6 Å². The van der Waals surface area contributed by atoms with Crippen molar-refractivity contribution >= 4 is 95.6 Å². The Balaban J connectivity index is 2.71. The van der Waals surface area contributed by atoms with Gasteiger partial charge >= 0.3 is 0 Å². The Morgan fingerprint density at radius 3 is 1.11 bits per heavy atom. The molecule has 0 spiro atoms. The first-order valence-electron chi connectivity index (χ1n) is 6.29. The Morgan fingerprint density at radius 1 is 0.444 bits per heavy atom. The second kappa shape index (κ2) is 9.81. The highest BCUT2D eigenvalue weighted by atomic mass is 79.9. The molecule has 1 aliphatic carbocycles. The first kappa shape index (κ1) is 18.9. The van der Waals surface area contributed by atoms with Gasteiger partial charge in [0.05, 0.1) is 0 Å². The summed E-state index contributed by atoms with van der Waals surface area (Å²) in [5, 5.41) is 0. The molecule has 0 radical (unpaired) electrons. The van der Waals surface area contributed by atoms with E-state index in [4.69, 9.17) is 0 Å². The van der Waals surface area contributed by atoms with Gasteiger partial charge in [-0.05, 0) is 12.8 Å². The summed E-state index contributed by atoms with van der Waals surface area (Å²) in [6.45, 7) is 0. The average Bonchev–Trinajstić information content (AvgIpc) is 2.37. The van der Waals surface area contributed by atoms with Gasteiger partial charge in [0.2, 0.25) is 0 Å². The summed E-state index contributed by atoms with van der Waals surface area (Å²) in [6.07, 6.45) is 7.80. The van der Waals surface area contributed by atoms with E-state index in [0.29, 0.717) is 29.0 Å². The van der Waals surface area contributed by atoms with Crippen LogP contribution in [0.15, 0.2) is 0 Å².